The number of nitrogens with zero attached hydrogens (tertiary/aromatic N) is 5. The van der Waals surface area contributed by atoms with Crippen LogP contribution < -0.4 is 25.6 Å². The largest absolute Gasteiger partial charge is 0.490 e. The minimum absolute atomic E-state index is 0.167. The number of H-pyrrole nitrogens is 1. The Morgan fingerprint density at radius 2 is 1.61 bits per heavy atom. The van der Waals surface area contributed by atoms with Crippen LogP contribution in [0, 0.1) is 6.92 Å². The summed E-state index contributed by atoms with van der Waals surface area (Å²) in [6, 6.07) is 10.1. The Balaban J connectivity index is 0.00000147. The normalized spacial score (nSPS) is 11.9. The predicted octanol–water partition coefficient (Wildman–Crippen LogP) is 4.88. The number of carbonyl (C=O) groups excluding carboxylic acids is 2. The smallest absolute Gasteiger partial charge is 0.204 e. The molecule has 0 bridgehead atoms. The van der Waals surface area contributed by atoms with Crippen LogP contribution in [-0.2, 0) is 14.3 Å². The molecule has 258 valence electrons. The fraction of sp³-hybridized carbons (Fsp3) is 0.531. The fourth-order valence-corrected chi connectivity index (χ4v) is 4.51. The summed E-state index contributed by atoms with van der Waals surface area (Å²) >= 11 is 1.52. The first kappa shape index (κ1) is 42.3. The van der Waals surface area contributed by atoms with E-state index in [4.69, 9.17) is 24.2 Å². The van der Waals surface area contributed by atoms with Gasteiger partial charge in [-0.25, -0.2) is 9.97 Å². The second kappa shape index (κ2) is 25.5. The van der Waals surface area contributed by atoms with Gasteiger partial charge in [0.1, 0.15) is 12.1 Å². The number of ether oxygens (including phenoxy) is 2. The zero-order valence-corrected chi connectivity index (χ0v) is 30.3. The molecule has 46 heavy (non-hydrogen) atoms. The Bertz CT molecular complexity index is 1230. The number of methoxy groups -OCH3 is 2. The molecule has 4 rings (SSSR count). The molecule has 14 heteroatoms. The van der Waals surface area contributed by atoms with Crippen molar-refractivity contribution < 1.29 is 19.1 Å². The van der Waals surface area contributed by atoms with Gasteiger partial charge in [0.25, 0.3) is 0 Å². The lowest BCUT2D eigenvalue weighted by Crippen LogP contribution is -2.47. The second-order valence-corrected chi connectivity index (χ2v) is 10.7. The van der Waals surface area contributed by atoms with E-state index >= 15 is 0 Å². The number of aromatic amines is 1. The number of piperazine rings is 1. The van der Waals surface area contributed by atoms with E-state index in [1.165, 1.54) is 32.5 Å². The number of aromatic nitrogens is 4. The number of aryl methyl sites for hydroxylation is 1. The molecule has 1 fully saturated rings. The molecular formula is C32H55N9O4S. The molecule has 0 radical (unpaired) electrons. The van der Waals surface area contributed by atoms with Gasteiger partial charge in [-0.15, -0.1) is 0 Å². The predicted molar refractivity (Wildman–Crippen MR) is 190 cm³/mol. The number of aldehydes is 1. The first-order valence-electron chi connectivity index (χ1n) is 15.3. The van der Waals surface area contributed by atoms with E-state index in [0.717, 1.165) is 67.7 Å². The average molecular weight is 662 g/mol. The average Bonchev–Trinajstić information content (AvgIpc) is 3.46. The van der Waals surface area contributed by atoms with Gasteiger partial charge in [0.15, 0.2) is 22.6 Å². The van der Waals surface area contributed by atoms with E-state index in [1.54, 1.807) is 14.2 Å². The van der Waals surface area contributed by atoms with Crippen molar-refractivity contribution in [3.8, 4) is 5.75 Å². The van der Waals surface area contributed by atoms with Crippen LogP contribution in [0.5, 0.6) is 5.75 Å². The van der Waals surface area contributed by atoms with Gasteiger partial charge in [0.2, 0.25) is 5.75 Å². The van der Waals surface area contributed by atoms with E-state index < -0.39 is 0 Å². The van der Waals surface area contributed by atoms with Gasteiger partial charge in [-0.05, 0) is 77.8 Å². The summed E-state index contributed by atoms with van der Waals surface area (Å²) in [5, 5.41) is 17.1. The molecule has 1 aliphatic rings. The van der Waals surface area contributed by atoms with Crippen molar-refractivity contribution in [1.29, 1.82) is 0 Å². The highest BCUT2D eigenvalue weighted by Gasteiger charge is 2.25. The van der Waals surface area contributed by atoms with Gasteiger partial charge in [-0.3, -0.25) is 10.00 Å². The molecular weight excluding hydrogens is 606 g/mol. The van der Waals surface area contributed by atoms with E-state index in [0.29, 0.717) is 22.5 Å². The summed E-state index contributed by atoms with van der Waals surface area (Å²) in [7, 11) is 9.05. The third-order valence-corrected chi connectivity index (χ3v) is 6.49. The number of Topliss-reactive ketones (excluding diaryl/α,β-unsaturated/α-hetero) is 1. The van der Waals surface area contributed by atoms with Gasteiger partial charge < -0.3 is 39.9 Å². The van der Waals surface area contributed by atoms with Crippen LogP contribution in [0.25, 0.3) is 0 Å². The quantitative estimate of drug-likeness (QED) is 0.173. The number of rotatable bonds is 10. The van der Waals surface area contributed by atoms with Gasteiger partial charge in [-0.1, -0.05) is 13.8 Å². The van der Waals surface area contributed by atoms with Crippen molar-refractivity contribution in [2.24, 2.45) is 0 Å². The zero-order valence-electron chi connectivity index (χ0n) is 29.5. The molecule has 0 spiro atoms. The van der Waals surface area contributed by atoms with Crippen LogP contribution in [0.3, 0.4) is 0 Å². The molecule has 0 aliphatic carbocycles. The van der Waals surface area contributed by atoms with E-state index in [2.05, 4.69) is 48.1 Å². The topological polar surface area (TPSA) is 150 Å². The Morgan fingerprint density at radius 3 is 2.07 bits per heavy atom. The van der Waals surface area contributed by atoms with Crippen LogP contribution in [0.15, 0.2) is 40.4 Å². The van der Waals surface area contributed by atoms with Crippen LogP contribution >= 0.6 is 11.8 Å². The Hall–Kier alpha value is -3.72. The number of anilines is 4. The first-order valence-corrected chi connectivity index (χ1v) is 16.1. The maximum Gasteiger partial charge on any atom is 0.204 e. The minimum Gasteiger partial charge on any atom is -0.490 e. The summed E-state index contributed by atoms with van der Waals surface area (Å²) in [6.07, 6.45) is 0.750. The molecule has 0 amide bonds. The van der Waals surface area contributed by atoms with Gasteiger partial charge in [0.05, 0.1) is 13.7 Å². The van der Waals surface area contributed by atoms with Crippen molar-refractivity contribution in [2.75, 3.05) is 90.2 Å². The third kappa shape index (κ3) is 16.5. The summed E-state index contributed by atoms with van der Waals surface area (Å²) in [5.41, 5.74) is 2.02. The number of carbonyl (C=O) groups is 2. The Labute approximate surface area is 279 Å². The molecule has 4 N–H and O–H groups in total. The monoisotopic (exact) mass is 661 g/mol. The fourth-order valence-electron chi connectivity index (χ4n) is 3.75. The lowest BCUT2D eigenvalue weighted by molar-refractivity contribution is -0.115. The molecule has 13 nitrogen and oxygen atoms in total. The standard InChI is InChI=1S/C23H32N8O2S.C3H6O.C2H7N.C2H4O.C2H6/c1-16-15-19(29-28-16)25-21-20(33-4)22(31-11-9-30(10-12-31)13-14-32-3)27-23(26-21)34-18-7-5-17(24-2)6-8-18;1-3(2)4;1-3-2;1-2-3;1-2/h5-8,15,24H,9-14H2,1-4H3,(H2,25,26,27,28,29);1-2H3;3H,1-2H3;2H,1H3;1-2H3. The van der Waals surface area contributed by atoms with Crippen molar-refractivity contribution in [2.45, 2.75) is 51.6 Å². The van der Waals surface area contributed by atoms with Crippen molar-refractivity contribution >= 4 is 47.0 Å². The van der Waals surface area contributed by atoms with Crippen LogP contribution in [-0.4, -0.2) is 112 Å². The molecule has 2 aromatic heterocycles. The lowest BCUT2D eigenvalue weighted by atomic mass is 10.3. The molecule has 1 aliphatic heterocycles. The number of nitrogens with one attached hydrogen (secondary N) is 4. The first-order chi connectivity index (χ1) is 22.1. The maximum atomic E-state index is 9.44. The molecule has 1 aromatic carbocycles. The third-order valence-electron chi connectivity index (χ3n) is 5.62. The molecule has 0 unspecified atom stereocenters. The summed E-state index contributed by atoms with van der Waals surface area (Å²) in [4.78, 5) is 33.7. The van der Waals surface area contributed by atoms with Crippen molar-refractivity contribution in [3.05, 3.63) is 36.0 Å². The lowest BCUT2D eigenvalue weighted by Gasteiger charge is -2.36. The highest BCUT2D eigenvalue weighted by Crippen LogP contribution is 2.38. The number of ketones is 1. The second-order valence-electron chi connectivity index (χ2n) is 9.61. The maximum absolute atomic E-state index is 9.44. The summed E-state index contributed by atoms with van der Waals surface area (Å²) < 4.78 is 11.1. The summed E-state index contributed by atoms with van der Waals surface area (Å²) in [5.74, 6) is 2.84. The van der Waals surface area contributed by atoms with Gasteiger partial charge in [-0.2, -0.15) is 5.10 Å². The summed E-state index contributed by atoms with van der Waals surface area (Å²) in [6.45, 7) is 15.7. The number of hydrogen-bond acceptors (Lipinski definition) is 13. The van der Waals surface area contributed by atoms with E-state index in [-0.39, 0.29) is 5.78 Å². The molecule has 1 saturated heterocycles. The van der Waals surface area contributed by atoms with Crippen molar-refractivity contribution in [1.82, 2.24) is 30.4 Å². The highest BCUT2D eigenvalue weighted by molar-refractivity contribution is 7.99. The van der Waals surface area contributed by atoms with Crippen LogP contribution in [0.2, 0.25) is 0 Å². The molecule has 0 atom stereocenters. The minimum atomic E-state index is 0.167. The van der Waals surface area contributed by atoms with Crippen molar-refractivity contribution in [3.63, 3.8) is 0 Å². The number of benzene rings is 1. The Kier molecular flexibility index (Phi) is 23.4. The SMILES string of the molecule is CC.CC(C)=O.CC=O.CNC.CNc1ccc(Sc2nc(Nc3cc(C)[nH]n3)c(OC)c(N3CCN(CCOC)CC3)n2)cc1. The number of hydrogen-bond donors (Lipinski definition) is 4. The van der Waals surface area contributed by atoms with Crippen LogP contribution in [0.1, 0.15) is 40.3 Å². The Morgan fingerprint density at radius 1 is 1.04 bits per heavy atom. The van der Waals surface area contributed by atoms with Gasteiger partial charge >= 0.3 is 0 Å². The van der Waals surface area contributed by atoms with E-state index in [1.807, 2.05) is 60.1 Å². The molecule has 0 saturated carbocycles. The van der Waals surface area contributed by atoms with Crippen LogP contribution in [0.4, 0.5) is 23.1 Å². The molecule has 3 heterocycles. The zero-order chi connectivity index (χ0) is 34.9. The van der Waals surface area contributed by atoms with E-state index in [9.17, 15) is 4.79 Å². The molecule has 3 aromatic rings. The van der Waals surface area contributed by atoms with Gasteiger partial charge in [0, 0.05) is 69.2 Å². The highest BCUT2D eigenvalue weighted by atomic mass is 32.2.